The lowest BCUT2D eigenvalue weighted by Gasteiger charge is -2.10. The summed E-state index contributed by atoms with van der Waals surface area (Å²) in [6.45, 7) is 3.58. The number of imide groups is 1. The van der Waals surface area contributed by atoms with Crippen molar-refractivity contribution in [3.05, 3.63) is 60.2 Å². The summed E-state index contributed by atoms with van der Waals surface area (Å²) in [7, 11) is 0. The first-order valence-corrected chi connectivity index (χ1v) is 8.06. The van der Waals surface area contributed by atoms with Crippen LogP contribution in [0.15, 0.2) is 54.6 Å². The van der Waals surface area contributed by atoms with Crippen molar-refractivity contribution in [2.45, 2.75) is 19.9 Å². The maximum Gasteiger partial charge on any atom is 0.325 e. The van der Waals surface area contributed by atoms with E-state index >= 15 is 0 Å². The highest BCUT2D eigenvalue weighted by molar-refractivity contribution is 6.02. The molecular formula is C18H18N6O2. The SMILES string of the molecule is Cc1ccc(-c2nnn(C(C)C(=O)NC(=O)Nc3ccccc3)n2)cc1. The molecular weight excluding hydrogens is 332 g/mol. The molecule has 0 aliphatic heterocycles. The van der Waals surface area contributed by atoms with E-state index in [-0.39, 0.29) is 0 Å². The second kappa shape index (κ2) is 7.56. The van der Waals surface area contributed by atoms with E-state index < -0.39 is 18.0 Å². The highest BCUT2D eigenvalue weighted by atomic mass is 16.2. The van der Waals surface area contributed by atoms with E-state index in [0.29, 0.717) is 11.5 Å². The lowest BCUT2D eigenvalue weighted by atomic mass is 10.1. The average Bonchev–Trinajstić information content (AvgIpc) is 3.12. The van der Waals surface area contributed by atoms with E-state index in [1.54, 1.807) is 31.2 Å². The standard InChI is InChI=1S/C18H18N6O2/c1-12-8-10-14(11-9-12)16-21-23-24(22-16)13(2)17(25)20-18(26)19-15-6-4-3-5-7-15/h3-11,13H,1-2H3,(H2,19,20,25,26). The van der Waals surface area contributed by atoms with Crippen LogP contribution in [0.4, 0.5) is 10.5 Å². The molecule has 1 aromatic heterocycles. The number of amides is 3. The molecule has 0 spiro atoms. The number of hydrogen-bond acceptors (Lipinski definition) is 5. The molecule has 3 rings (SSSR count). The Labute approximate surface area is 150 Å². The van der Waals surface area contributed by atoms with E-state index in [9.17, 15) is 9.59 Å². The fraction of sp³-hybridized carbons (Fsp3) is 0.167. The Hall–Kier alpha value is -3.55. The van der Waals surface area contributed by atoms with Gasteiger partial charge in [0.2, 0.25) is 5.82 Å². The van der Waals surface area contributed by atoms with Crippen molar-refractivity contribution in [3.63, 3.8) is 0 Å². The van der Waals surface area contributed by atoms with Gasteiger partial charge in [0, 0.05) is 11.3 Å². The number of aromatic nitrogens is 4. The summed E-state index contributed by atoms with van der Waals surface area (Å²) >= 11 is 0. The number of para-hydroxylation sites is 1. The van der Waals surface area contributed by atoms with Gasteiger partial charge in [-0.2, -0.15) is 4.80 Å². The van der Waals surface area contributed by atoms with Crippen LogP contribution in [0.5, 0.6) is 0 Å². The Morgan fingerprint density at radius 3 is 2.42 bits per heavy atom. The number of rotatable bonds is 4. The summed E-state index contributed by atoms with van der Waals surface area (Å²) in [6.07, 6.45) is 0. The number of anilines is 1. The first kappa shape index (κ1) is 17.3. The Kier molecular flexibility index (Phi) is 5.02. The normalized spacial score (nSPS) is 11.6. The molecule has 0 bridgehead atoms. The Balaban J connectivity index is 1.63. The van der Waals surface area contributed by atoms with Crippen LogP contribution in [-0.2, 0) is 4.79 Å². The Morgan fingerprint density at radius 1 is 1.04 bits per heavy atom. The molecule has 132 valence electrons. The maximum absolute atomic E-state index is 12.2. The number of aryl methyl sites for hydroxylation is 1. The molecule has 1 unspecified atom stereocenters. The summed E-state index contributed by atoms with van der Waals surface area (Å²) in [4.78, 5) is 25.3. The van der Waals surface area contributed by atoms with Gasteiger partial charge >= 0.3 is 6.03 Å². The van der Waals surface area contributed by atoms with Gasteiger partial charge < -0.3 is 5.32 Å². The molecule has 0 radical (unpaired) electrons. The van der Waals surface area contributed by atoms with Crippen LogP contribution < -0.4 is 10.6 Å². The van der Waals surface area contributed by atoms with Gasteiger partial charge in [-0.3, -0.25) is 10.1 Å². The topological polar surface area (TPSA) is 102 Å². The highest BCUT2D eigenvalue weighted by Crippen LogP contribution is 2.15. The van der Waals surface area contributed by atoms with Crippen LogP contribution >= 0.6 is 0 Å². The first-order chi connectivity index (χ1) is 12.5. The molecule has 2 aromatic carbocycles. The predicted molar refractivity (Wildman–Crippen MR) is 96.3 cm³/mol. The van der Waals surface area contributed by atoms with E-state index in [1.807, 2.05) is 37.3 Å². The van der Waals surface area contributed by atoms with E-state index in [4.69, 9.17) is 0 Å². The number of hydrogen-bond donors (Lipinski definition) is 2. The number of carbonyl (C=O) groups excluding carboxylic acids is 2. The molecule has 0 aliphatic rings. The monoisotopic (exact) mass is 350 g/mol. The van der Waals surface area contributed by atoms with Crippen molar-refractivity contribution in [1.82, 2.24) is 25.5 Å². The predicted octanol–water partition coefficient (Wildman–Crippen LogP) is 2.56. The summed E-state index contributed by atoms with van der Waals surface area (Å²) in [5, 5.41) is 16.9. The number of nitrogens with zero attached hydrogens (tertiary/aromatic N) is 4. The zero-order valence-corrected chi connectivity index (χ0v) is 14.4. The molecule has 1 atom stereocenters. The van der Waals surface area contributed by atoms with Gasteiger partial charge in [0.05, 0.1) is 0 Å². The molecule has 1 heterocycles. The Bertz CT molecular complexity index is 905. The van der Waals surface area contributed by atoms with E-state index in [0.717, 1.165) is 11.1 Å². The summed E-state index contributed by atoms with van der Waals surface area (Å²) in [5.74, 6) is -0.121. The lowest BCUT2D eigenvalue weighted by Crippen LogP contribution is -2.39. The van der Waals surface area contributed by atoms with E-state index in [2.05, 4.69) is 26.0 Å². The minimum Gasteiger partial charge on any atom is -0.308 e. The number of nitrogens with one attached hydrogen (secondary N) is 2. The average molecular weight is 350 g/mol. The zero-order chi connectivity index (χ0) is 18.5. The van der Waals surface area contributed by atoms with Gasteiger partial charge in [-0.05, 0) is 31.2 Å². The molecule has 0 saturated carbocycles. The quantitative estimate of drug-likeness (QED) is 0.753. The second-order valence-corrected chi connectivity index (χ2v) is 5.78. The van der Waals surface area contributed by atoms with Crippen molar-refractivity contribution in [3.8, 4) is 11.4 Å². The molecule has 8 heteroatoms. The smallest absolute Gasteiger partial charge is 0.308 e. The van der Waals surface area contributed by atoms with Crippen molar-refractivity contribution in [1.29, 1.82) is 0 Å². The summed E-state index contributed by atoms with van der Waals surface area (Å²) in [6, 6.07) is 15.1. The van der Waals surface area contributed by atoms with Gasteiger partial charge in [-0.15, -0.1) is 10.2 Å². The molecule has 8 nitrogen and oxygen atoms in total. The fourth-order valence-electron chi connectivity index (χ4n) is 2.21. The second-order valence-electron chi connectivity index (χ2n) is 5.78. The van der Waals surface area contributed by atoms with Gasteiger partial charge in [0.25, 0.3) is 5.91 Å². The number of tetrazole rings is 1. The van der Waals surface area contributed by atoms with Gasteiger partial charge in [-0.25, -0.2) is 4.79 Å². The van der Waals surface area contributed by atoms with Crippen LogP contribution in [0.25, 0.3) is 11.4 Å². The molecule has 3 aromatic rings. The largest absolute Gasteiger partial charge is 0.325 e. The van der Waals surface area contributed by atoms with Crippen LogP contribution in [0.2, 0.25) is 0 Å². The number of benzene rings is 2. The molecule has 0 aliphatic carbocycles. The van der Waals surface area contributed by atoms with E-state index in [1.165, 1.54) is 4.80 Å². The van der Waals surface area contributed by atoms with Crippen molar-refractivity contribution in [2.24, 2.45) is 0 Å². The van der Waals surface area contributed by atoms with Crippen LogP contribution in [0.3, 0.4) is 0 Å². The molecule has 3 amide bonds. The minimum atomic E-state index is -0.789. The third-order valence-electron chi connectivity index (χ3n) is 3.73. The summed E-state index contributed by atoms with van der Waals surface area (Å²) < 4.78 is 0. The van der Waals surface area contributed by atoms with Crippen LogP contribution in [0, 0.1) is 6.92 Å². The lowest BCUT2D eigenvalue weighted by molar-refractivity contribution is -0.123. The molecule has 2 N–H and O–H groups in total. The van der Waals surface area contributed by atoms with Crippen molar-refractivity contribution < 1.29 is 9.59 Å². The minimum absolute atomic E-state index is 0.415. The third-order valence-corrected chi connectivity index (χ3v) is 3.73. The van der Waals surface area contributed by atoms with Crippen LogP contribution in [0.1, 0.15) is 18.5 Å². The third kappa shape index (κ3) is 4.10. The van der Waals surface area contributed by atoms with Gasteiger partial charge in [0.15, 0.2) is 0 Å². The first-order valence-electron chi connectivity index (χ1n) is 8.06. The van der Waals surface area contributed by atoms with Crippen molar-refractivity contribution in [2.75, 3.05) is 5.32 Å². The summed E-state index contributed by atoms with van der Waals surface area (Å²) in [5.41, 5.74) is 2.51. The van der Waals surface area contributed by atoms with Gasteiger partial charge in [0.1, 0.15) is 6.04 Å². The van der Waals surface area contributed by atoms with Gasteiger partial charge in [-0.1, -0.05) is 48.0 Å². The molecule has 0 saturated heterocycles. The number of carbonyl (C=O) groups is 2. The number of urea groups is 1. The fourth-order valence-corrected chi connectivity index (χ4v) is 2.21. The molecule has 0 fully saturated rings. The Morgan fingerprint density at radius 2 is 1.73 bits per heavy atom. The zero-order valence-electron chi connectivity index (χ0n) is 14.4. The van der Waals surface area contributed by atoms with Crippen molar-refractivity contribution >= 4 is 17.6 Å². The van der Waals surface area contributed by atoms with Crippen LogP contribution in [-0.4, -0.2) is 32.1 Å². The molecule has 26 heavy (non-hydrogen) atoms. The highest BCUT2D eigenvalue weighted by Gasteiger charge is 2.20. The maximum atomic E-state index is 12.2.